The quantitative estimate of drug-likeness (QED) is 0.739. The monoisotopic (exact) mass is 398 g/mol. The van der Waals surface area contributed by atoms with Gasteiger partial charge >= 0.3 is 5.97 Å². The third-order valence-corrected chi connectivity index (χ3v) is 4.54. The molecular weight excluding hydrogens is 391 g/mol. The molecule has 112 valence electrons. The first-order valence-corrected chi connectivity index (χ1v) is 7.86. The van der Waals surface area contributed by atoms with E-state index in [4.69, 9.17) is 27.9 Å². The molecule has 22 heavy (non-hydrogen) atoms. The zero-order valence-electron chi connectivity index (χ0n) is 11.0. The lowest BCUT2D eigenvalue weighted by Crippen LogP contribution is -2.20. The molecule has 0 aromatic heterocycles. The van der Waals surface area contributed by atoms with Crippen molar-refractivity contribution in [2.45, 2.75) is 6.10 Å². The number of carboxylic acids is 1. The van der Waals surface area contributed by atoms with E-state index in [1.54, 1.807) is 36.4 Å². The number of hydrogen-bond acceptors (Lipinski definition) is 2. The highest BCUT2D eigenvalue weighted by Crippen LogP contribution is 2.40. The molecule has 1 N–H and O–H groups in total. The summed E-state index contributed by atoms with van der Waals surface area (Å²) in [6.07, 6.45) is 0.870. The van der Waals surface area contributed by atoms with E-state index in [0.29, 0.717) is 21.4 Å². The Balaban J connectivity index is 2.11. The summed E-state index contributed by atoms with van der Waals surface area (Å²) in [5, 5.41) is 10.2. The van der Waals surface area contributed by atoms with Gasteiger partial charge in [0.2, 0.25) is 0 Å². The van der Waals surface area contributed by atoms with Crippen LogP contribution in [0.5, 0.6) is 5.75 Å². The van der Waals surface area contributed by atoms with Crippen LogP contribution in [0.4, 0.5) is 0 Å². The first-order valence-electron chi connectivity index (χ1n) is 6.32. The molecule has 3 rings (SSSR count). The Morgan fingerprint density at radius 2 is 1.91 bits per heavy atom. The third-order valence-electron chi connectivity index (χ3n) is 3.31. The van der Waals surface area contributed by atoms with Crippen molar-refractivity contribution in [3.05, 3.63) is 67.6 Å². The molecule has 1 aliphatic heterocycles. The minimum Gasteiger partial charge on any atom is -0.480 e. The fourth-order valence-electron chi connectivity index (χ4n) is 2.26. The molecule has 0 saturated carbocycles. The maximum Gasteiger partial charge on any atom is 0.335 e. The molecule has 0 aliphatic carbocycles. The highest BCUT2D eigenvalue weighted by molar-refractivity contribution is 9.10. The lowest BCUT2D eigenvalue weighted by Gasteiger charge is -2.26. The van der Waals surface area contributed by atoms with E-state index >= 15 is 0 Å². The topological polar surface area (TPSA) is 46.5 Å². The van der Waals surface area contributed by atoms with Gasteiger partial charge < -0.3 is 9.84 Å². The molecule has 1 atom stereocenters. The summed E-state index contributed by atoms with van der Waals surface area (Å²) in [5.41, 5.74) is 1.50. The number of rotatable bonds is 2. The highest BCUT2D eigenvalue weighted by Gasteiger charge is 2.29. The number of fused-ring (bicyclic) bond motifs is 1. The van der Waals surface area contributed by atoms with Crippen LogP contribution in [-0.4, -0.2) is 11.1 Å². The maximum atomic E-state index is 11.6. The van der Waals surface area contributed by atoms with E-state index in [-0.39, 0.29) is 5.57 Å². The normalized spacial score (nSPS) is 16.5. The SMILES string of the molecule is O=C(O)C1=Cc2ccc(Br)cc2OC1c1ccc(Cl)c(Cl)c1. The van der Waals surface area contributed by atoms with E-state index in [1.807, 2.05) is 6.07 Å². The van der Waals surface area contributed by atoms with Crippen LogP contribution in [0.15, 0.2) is 46.4 Å². The van der Waals surface area contributed by atoms with Crippen molar-refractivity contribution >= 4 is 51.2 Å². The van der Waals surface area contributed by atoms with Crippen molar-refractivity contribution < 1.29 is 14.6 Å². The number of carbonyl (C=O) groups is 1. The molecule has 0 amide bonds. The lowest BCUT2D eigenvalue weighted by atomic mass is 9.96. The number of aliphatic carboxylic acids is 1. The zero-order valence-corrected chi connectivity index (χ0v) is 14.1. The molecule has 0 bridgehead atoms. The van der Waals surface area contributed by atoms with Crippen LogP contribution in [-0.2, 0) is 4.79 Å². The van der Waals surface area contributed by atoms with Gasteiger partial charge in [-0.25, -0.2) is 4.79 Å². The number of carboxylic acid groups (broad SMARTS) is 1. The highest BCUT2D eigenvalue weighted by atomic mass is 79.9. The third kappa shape index (κ3) is 2.86. The smallest absolute Gasteiger partial charge is 0.335 e. The summed E-state index contributed by atoms with van der Waals surface area (Å²) in [7, 11) is 0. The Bertz CT molecular complexity index is 802. The predicted octanol–water partition coefficient (Wildman–Crippen LogP) is 5.36. The van der Waals surface area contributed by atoms with E-state index in [9.17, 15) is 9.90 Å². The Hall–Kier alpha value is -1.49. The van der Waals surface area contributed by atoms with Crippen molar-refractivity contribution in [2.24, 2.45) is 0 Å². The first kappa shape index (κ1) is 15.4. The van der Waals surface area contributed by atoms with Crippen LogP contribution in [0.1, 0.15) is 17.2 Å². The van der Waals surface area contributed by atoms with Gasteiger partial charge in [0.15, 0.2) is 6.10 Å². The zero-order chi connectivity index (χ0) is 15.9. The maximum absolute atomic E-state index is 11.6. The molecule has 1 heterocycles. The van der Waals surface area contributed by atoms with Crippen LogP contribution in [0.25, 0.3) is 6.08 Å². The summed E-state index contributed by atoms with van der Waals surface area (Å²) in [4.78, 5) is 11.6. The minimum absolute atomic E-state index is 0.146. The second kappa shape index (κ2) is 5.95. The van der Waals surface area contributed by atoms with Crippen molar-refractivity contribution in [2.75, 3.05) is 0 Å². The molecular formula is C16H9BrCl2O3. The van der Waals surface area contributed by atoms with Crippen molar-refractivity contribution in [1.82, 2.24) is 0 Å². The molecule has 6 heteroatoms. The fraction of sp³-hybridized carbons (Fsp3) is 0.0625. The molecule has 2 aromatic carbocycles. The second-order valence-electron chi connectivity index (χ2n) is 4.76. The first-order chi connectivity index (χ1) is 10.5. The van der Waals surface area contributed by atoms with Crippen LogP contribution in [0.2, 0.25) is 10.0 Å². The van der Waals surface area contributed by atoms with Gasteiger partial charge in [-0.15, -0.1) is 0 Å². The van der Waals surface area contributed by atoms with Gasteiger partial charge in [0.05, 0.1) is 15.6 Å². The van der Waals surface area contributed by atoms with Crippen molar-refractivity contribution in [3.8, 4) is 5.75 Å². The Morgan fingerprint density at radius 3 is 2.59 bits per heavy atom. The Morgan fingerprint density at radius 1 is 1.14 bits per heavy atom. The largest absolute Gasteiger partial charge is 0.480 e. The van der Waals surface area contributed by atoms with E-state index < -0.39 is 12.1 Å². The van der Waals surface area contributed by atoms with Crippen LogP contribution < -0.4 is 4.74 Å². The van der Waals surface area contributed by atoms with E-state index in [0.717, 1.165) is 10.0 Å². The van der Waals surface area contributed by atoms with Gasteiger partial charge in [0, 0.05) is 10.0 Å². The van der Waals surface area contributed by atoms with Gasteiger partial charge in [-0.1, -0.05) is 51.3 Å². The van der Waals surface area contributed by atoms with E-state index in [2.05, 4.69) is 15.9 Å². The van der Waals surface area contributed by atoms with E-state index in [1.165, 1.54) is 0 Å². The Kier molecular flexibility index (Phi) is 4.17. The second-order valence-corrected chi connectivity index (χ2v) is 6.49. The van der Waals surface area contributed by atoms with Gasteiger partial charge in [-0.05, 0) is 35.9 Å². The molecule has 1 aliphatic rings. The summed E-state index contributed by atoms with van der Waals surface area (Å²) < 4.78 is 6.74. The van der Waals surface area contributed by atoms with Crippen molar-refractivity contribution in [3.63, 3.8) is 0 Å². The summed E-state index contributed by atoms with van der Waals surface area (Å²) >= 11 is 15.3. The van der Waals surface area contributed by atoms with Gasteiger partial charge in [-0.3, -0.25) is 0 Å². The molecule has 0 fully saturated rings. The van der Waals surface area contributed by atoms with Crippen molar-refractivity contribution in [1.29, 1.82) is 0 Å². The van der Waals surface area contributed by atoms with Crippen LogP contribution in [0.3, 0.4) is 0 Å². The standard InChI is InChI=1S/C16H9BrCl2O3/c17-10-3-1-8-5-11(16(20)21)15(22-14(8)7-10)9-2-4-12(18)13(19)6-9/h1-7,15H,(H,20,21). The number of halogens is 3. The summed E-state index contributed by atoms with van der Waals surface area (Å²) in [6.45, 7) is 0. The molecule has 2 aromatic rings. The fourth-order valence-corrected chi connectivity index (χ4v) is 2.91. The van der Waals surface area contributed by atoms with Crippen LogP contribution in [0, 0.1) is 0 Å². The van der Waals surface area contributed by atoms with Gasteiger partial charge in [0.1, 0.15) is 5.75 Å². The molecule has 0 saturated heterocycles. The Labute approximate surface area is 145 Å². The molecule has 3 nitrogen and oxygen atoms in total. The average molecular weight is 400 g/mol. The van der Waals surface area contributed by atoms with Gasteiger partial charge in [-0.2, -0.15) is 0 Å². The average Bonchev–Trinajstić information content (AvgIpc) is 2.48. The summed E-state index contributed by atoms with van der Waals surface area (Å²) in [5.74, 6) is -0.430. The minimum atomic E-state index is -1.04. The number of ether oxygens (including phenoxy) is 1. The molecule has 1 unspecified atom stereocenters. The number of benzene rings is 2. The summed E-state index contributed by atoms with van der Waals surface area (Å²) in [6, 6.07) is 10.4. The molecule has 0 radical (unpaired) electrons. The van der Waals surface area contributed by atoms with Gasteiger partial charge in [0.25, 0.3) is 0 Å². The molecule has 0 spiro atoms. The van der Waals surface area contributed by atoms with Crippen LogP contribution >= 0.6 is 39.1 Å². The number of hydrogen-bond donors (Lipinski definition) is 1. The lowest BCUT2D eigenvalue weighted by molar-refractivity contribution is -0.133. The predicted molar refractivity (Wildman–Crippen MR) is 89.6 cm³/mol.